The standard InChI is InChI=1S/C18H11ClFN5O4/c19-18-21-10-15(20)17(23-18)29-14-7-1-11(2-8-14)9-22-24-16(26)12-3-5-13(6-4-12)25(27)28/h1-10H,(H,24,26). The van der Waals surface area contributed by atoms with E-state index in [9.17, 15) is 19.3 Å². The summed E-state index contributed by atoms with van der Waals surface area (Å²) < 4.78 is 18.9. The number of nitro benzene ring substituents is 1. The Balaban J connectivity index is 1.59. The number of aromatic nitrogens is 2. The van der Waals surface area contributed by atoms with E-state index in [0.29, 0.717) is 11.3 Å². The molecular weight excluding hydrogens is 405 g/mol. The van der Waals surface area contributed by atoms with E-state index in [-0.39, 0.29) is 22.4 Å². The zero-order valence-corrected chi connectivity index (χ0v) is 15.2. The third-order valence-corrected chi connectivity index (χ3v) is 3.68. The van der Waals surface area contributed by atoms with Crippen LogP contribution in [0.2, 0.25) is 5.28 Å². The van der Waals surface area contributed by atoms with Gasteiger partial charge in [0.05, 0.1) is 17.3 Å². The molecule has 1 amide bonds. The molecule has 1 heterocycles. The third kappa shape index (κ3) is 5.30. The minimum Gasteiger partial charge on any atom is -0.436 e. The number of ether oxygens (including phenoxy) is 1. The fraction of sp³-hybridized carbons (Fsp3) is 0. The Morgan fingerprint density at radius 3 is 2.55 bits per heavy atom. The third-order valence-electron chi connectivity index (χ3n) is 3.50. The predicted octanol–water partition coefficient (Wildman–Crippen LogP) is 3.73. The van der Waals surface area contributed by atoms with Crippen molar-refractivity contribution in [3.8, 4) is 11.6 Å². The molecule has 1 N–H and O–H groups in total. The lowest BCUT2D eigenvalue weighted by Gasteiger charge is -2.05. The van der Waals surface area contributed by atoms with E-state index in [1.54, 1.807) is 24.3 Å². The number of nitrogens with one attached hydrogen (secondary N) is 1. The number of hydrazone groups is 1. The van der Waals surface area contributed by atoms with E-state index in [4.69, 9.17) is 16.3 Å². The molecule has 2 aromatic carbocycles. The molecule has 0 saturated heterocycles. The Labute approximate surface area is 168 Å². The van der Waals surface area contributed by atoms with Gasteiger partial charge >= 0.3 is 0 Å². The molecule has 3 aromatic rings. The second-order valence-corrected chi connectivity index (χ2v) is 5.80. The van der Waals surface area contributed by atoms with Crippen molar-refractivity contribution in [2.24, 2.45) is 5.10 Å². The second kappa shape index (κ2) is 8.85. The van der Waals surface area contributed by atoms with Gasteiger partial charge in [-0.2, -0.15) is 14.5 Å². The van der Waals surface area contributed by atoms with E-state index in [1.165, 1.54) is 30.5 Å². The van der Waals surface area contributed by atoms with E-state index in [1.807, 2.05) is 0 Å². The molecule has 0 saturated carbocycles. The molecule has 0 atom stereocenters. The van der Waals surface area contributed by atoms with Gasteiger partial charge in [-0.1, -0.05) is 0 Å². The molecule has 0 bridgehead atoms. The average Bonchev–Trinajstić information content (AvgIpc) is 2.72. The number of rotatable bonds is 6. The molecular formula is C18H11ClFN5O4. The van der Waals surface area contributed by atoms with Crippen molar-refractivity contribution in [2.75, 3.05) is 0 Å². The van der Waals surface area contributed by atoms with Crippen LogP contribution in [-0.4, -0.2) is 27.0 Å². The molecule has 0 unspecified atom stereocenters. The number of carbonyl (C=O) groups is 1. The van der Waals surface area contributed by atoms with Gasteiger partial charge in [0.2, 0.25) is 11.1 Å². The summed E-state index contributed by atoms with van der Waals surface area (Å²) in [7, 11) is 0. The zero-order chi connectivity index (χ0) is 20.8. The molecule has 0 aliphatic heterocycles. The van der Waals surface area contributed by atoms with Crippen LogP contribution in [0.3, 0.4) is 0 Å². The maximum absolute atomic E-state index is 13.6. The Morgan fingerprint density at radius 1 is 1.21 bits per heavy atom. The SMILES string of the molecule is O=C(NN=Cc1ccc(Oc2nc(Cl)ncc2F)cc1)c1ccc([N+](=O)[O-])cc1. The molecule has 29 heavy (non-hydrogen) atoms. The molecule has 11 heteroatoms. The van der Waals surface area contributed by atoms with Gasteiger partial charge < -0.3 is 4.74 Å². The summed E-state index contributed by atoms with van der Waals surface area (Å²) in [6.45, 7) is 0. The molecule has 0 aliphatic carbocycles. The number of hydrogen-bond donors (Lipinski definition) is 1. The zero-order valence-electron chi connectivity index (χ0n) is 14.5. The topological polar surface area (TPSA) is 120 Å². The second-order valence-electron chi connectivity index (χ2n) is 5.47. The van der Waals surface area contributed by atoms with Crippen molar-refractivity contribution < 1.29 is 18.8 Å². The lowest BCUT2D eigenvalue weighted by atomic mass is 10.2. The Bertz CT molecular complexity index is 1070. The van der Waals surface area contributed by atoms with Gasteiger partial charge in [-0.05, 0) is 53.6 Å². The molecule has 146 valence electrons. The van der Waals surface area contributed by atoms with Crippen molar-refractivity contribution in [3.63, 3.8) is 0 Å². The summed E-state index contributed by atoms with van der Waals surface area (Å²) in [6, 6.07) is 11.5. The first-order chi connectivity index (χ1) is 13.9. The van der Waals surface area contributed by atoms with E-state index in [2.05, 4.69) is 20.5 Å². The number of nitrogens with zero attached hydrogens (tertiary/aromatic N) is 4. The van der Waals surface area contributed by atoms with Crippen molar-refractivity contribution in [1.29, 1.82) is 0 Å². The number of benzene rings is 2. The monoisotopic (exact) mass is 415 g/mol. The van der Waals surface area contributed by atoms with Crippen LogP contribution >= 0.6 is 11.6 Å². The smallest absolute Gasteiger partial charge is 0.271 e. The highest BCUT2D eigenvalue weighted by molar-refractivity contribution is 6.28. The largest absolute Gasteiger partial charge is 0.436 e. The fourth-order valence-electron chi connectivity index (χ4n) is 2.10. The lowest BCUT2D eigenvalue weighted by molar-refractivity contribution is -0.384. The van der Waals surface area contributed by atoms with Crippen LogP contribution < -0.4 is 10.2 Å². The van der Waals surface area contributed by atoms with Gasteiger partial charge in [-0.25, -0.2) is 10.4 Å². The molecule has 0 aliphatic rings. The van der Waals surface area contributed by atoms with Crippen LogP contribution in [0.1, 0.15) is 15.9 Å². The number of amides is 1. The van der Waals surface area contributed by atoms with Crippen LogP contribution in [0.25, 0.3) is 0 Å². The van der Waals surface area contributed by atoms with Gasteiger partial charge in [-0.15, -0.1) is 0 Å². The van der Waals surface area contributed by atoms with Gasteiger partial charge in [0, 0.05) is 17.7 Å². The highest BCUT2D eigenvalue weighted by atomic mass is 35.5. The first kappa shape index (κ1) is 19.8. The van der Waals surface area contributed by atoms with Crippen LogP contribution in [0.5, 0.6) is 11.6 Å². The van der Waals surface area contributed by atoms with Crippen LogP contribution in [0.15, 0.2) is 59.8 Å². The molecule has 0 radical (unpaired) electrons. The number of carbonyl (C=O) groups excluding carboxylic acids is 1. The summed E-state index contributed by atoms with van der Waals surface area (Å²) in [5, 5.41) is 14.3. The fourth-order valence-corrected chi connectivity index (χ4v) is 2.23. The van der Waals surface area contributed by atoms with Crippen molar-refractivity contribution in [2.45, 2.75) is 0 Å². The van der Waals surface area contributed by atoms with Crippen LogP contribution in [-0.2, 0) is 0 Å². The quantitative estimate of drug-likeness (QED) is 0.283. The van der Waals surface area contributed by atoms with Gasteiger partial charge in [0.1, 0.15) is 5.75 Å². The van der Waals surface area contributed by atoms with E-state index >= 15 is 0 Å². The van der Waals surface area contributed by atoms with Crippen LogP contribution in [0, 0.1) is 15.9 Å². The van der Waals surface area contributed by atoms with Gasteiger partial charge in [0.15, 0.2) is 0 Å². The normalized spacial score (nSPS) is 10.7. The number of halogens is 2. The molecule has 0 fully saturated rings. The number of non-ortho nitro benzene ring substituents is 1. The lowest BCUT2D eigenvalue weighted by Crippen LogP contribution is -2.17. The van der Waals surface area contributed by atoms with Crippen molar-refractivity contribution in [3.05, 3.63) is 87.1 Å². The van der Waals surface area contributed by atoms with Gasteiger partial charge in [0.25, 0.3) is 17.5 Å². The minimum absolute atomic E-state index is 0.114. The Morgan fingerprint density at radius 2 is 1.90 bits per heavy atom. The molecule has 3 rings (SSSR count). The summed E-state index contributed by atoms with van der Waals surface area (Å²) in [4.78, 5) is 29.2. The maximum atomic E-state index is 13.6. The van der Waals surface area contributed by atoms with Crippen molar-refractivity contribution >= 4 is 29.4 Å². The average molecular weight is 416 g/mol. The first-order valence-corrected chi connectivity index (χ1v) is 8.34. The highest BCUT2D eigenvalue weighted by Gasteiger charge is 2.09. The summed E-state index contributed by atoms with van der Waals surface area (Å²) in [5.74, 6) is -1.27. The summed E-state index contributed by atoms with van der Waals surface area (Å²) in [6.07, 6.45) is 2.29. The molecule has 1 aromatic heterocycles. The van der Waals surface area contributed by atoms with Gasteiger partial charge in [-0.3, -0.25) is 14.9 Å². The van der Waals surface area contributed by atoms with E-state index < -0.39 is 16.6 Å². The molecule has 9 nitrogen and oxygen atoms in total. The van der Waals surface area contributed by atoms with Crippen LogP contribution in [0.4, 0.5) is 10.1 Å². The van der Waals surface area contributed by atoms with E-state index in [0.717, 1.165) is 6.20 Å². The number of hydrogen-bond acceptors (Lipinski definition) is 7. The first-order valence-electron chi connectivity index (χ1n) is 7.96. The molecule has 0 spiro atoms. The maximum Gasteiger partial charge on any atom is 0.271 e. The Kier molecular flexibility index (Phi) is 6.05. The Hall–Kier alpha value is -3.92. The number of nitro groups is 1. The predicted molar refractivity (Wildman–Crippen MR) is 102 cm³/mol. The minimum atomic E-state index is -0.756. The highest BCUT2D eigenvalue weighted by Crippen LogP contribution is 2.23. The summed E-state index contributed by atoms with van der Waals surface area (Å²) in [5.41, 5.74) is 3.05. The van der Waals surface area contributed by atoms with Crippen molar-refractivity contribution in [1.82, 2.24) is 15.4 Å². The summed E-state index contributed by atoms with van der Waals surface area (Å²) >= 11 is 5.61.